The molecule has 13 nitrogen and oxygen atoms in total. The van der Waals surface area contributed by atoms with Crippen LogP contribution in [0.3, 0.4) is 0 Å². The number of likely N-dealkylation sites (tertiary alicyclic amines) is 1. The summed E-state index contributed by atoms with van der Waals surface area (Å²) < 4.78 is 17.3. The van der Waals surface area contributed by atoms with Gasteiger partial charge in [0, 0.05) is 44.7 Å². The van der Waals surface area contributed by atoms with Crippen molar-refractivity contribution in [1.82, 2.24) is 35.2 Å². The van der Waals surface area contributed by atoms with Crippen LogP contribution in [0.2, 0.25) is 0 Å². The van der Waals surface area contributed by atoms with Crippen molar-refractivity contribution in [3.8, 4) is 0 Å². The number of ketones is 1. The molecule has 6 N–H and O–H groups in total. The summed E-state index contributed by atoms with van der Waals surface area (Å²) in [5, 5.41) is 23.2. The lowest BCUT2D eigenvalue weighted by atomic mass is 9.85. The van der Waals surface area contributed by atoms with Crippen LogP contribution in [0, 0.1) is 22.7 Å². The molecular weight excluding hydrogens is 659 g/mol. The van der Waals surface area contributed by atoms with Crippen LogP contribution in [0.4, 0.5) is 4.79 Å². The number of aliphatic hydroxyl groups is 1. The van der Waals surface area contributed by atoms with E-state index in [0.717, 1.165) is 6.42 Å². The Kier molecular flexibility index (Phi) is 17.0. The molecule has 284 valence electrons. The SMILES string of the molecule is C=CCNC(=O)C(=O)C(CCC)NC(O)C1[C@@H](C=C=CC(C)C)CCN1C(=O)[C@@H](NC(=O)N[C@H](CN1CCCNS1=O)C(C)(C)C)C(C)(C)C. The van der Waals surface area contributed by atoms with Gasteiger partial charge >= 0.3 is 6.03 Å². The molecule has 2 rings (SSSR count). The third-order valence-corrected chi connectivity index (χ3v) is 10.2. The minimum atomic E-state index is -1.37. The van der Waals surface area contributed by atoms with Gasteiger partial charge in [-0.1, -0.05) is 74.8 Å². The van der Waals surface area contributed by atoms with Crippen LogP contribution in [-0.2, 0) is 25.6 Å². The smallest absolute Gasteiger partial charge is 0.315 e. The number of nitrogens with one attached hydrogen (secondary N) is 5. The third-order valence-electron chi connectivity index (χ3n) is 8.91. The summed E-state index contributed by atoms with van der Waals surface area (Å²) in [7, 11) is 0. The van der Waals surface area contributed by atoms with Crippen LogP contribution in [0.25, 0.3) is 0 Å². The van der Waals surface area contributed by atoms with Crippen molar-refractivity contribution in [3.63, 3.8) is 0 Å². The first-order chi connectivity index (χ1) is 23.3. The van der Waals surface area contributed by atoms with Crippen LogP contribution in [0.5, 0.6) is 0 Å². The Morgan fingerprint density at radius 2 is 1.76 bits per heavy atom. The lowest BCUT2D eigenvalue weighted by Crippen LogP contribution is -2.63. The van der Waals surface area contributed by atoms with E-state index in [0.29, 0.717) is 45.4 Å². The summed E-state index contributed by atoms with van der Waals surface area (Å²) in [4.78, 5) is 55.4. The zero-order valence-electron chi connectivity index (χ0n) is 31.6. The van der Waals surface area contributed by atoms with E-state index >= 15 is 0 Å². The normalized spacial score (nSPS) is 22.5. The molecule has 0 aromatic heterocycles. The highest BCUT2D eigenvalue weighted by Crippen LogP contribution is 2.32. The van der Waals surface area contributed by atoms with Gasteiger partial charge in [0.25, 0.3) is 5.91 Å². The van der Waals surface area contributed by atoms with Gasteiger partial charge in [0.2, 0.25) is 11.7 Å². The Hall–Kier alpha value is -2.87. The zero-order valence-corrected chi connectivity index (χ0v) is 32.5. The third kappa shape index (κ3) is 13.0. The maximum Gasteiger partial charge on any atom is 0.315 e. The molecule has 0 aliphatic carbocycles. The number of hydrogen-bond donors (Lipinski definition) is 6. The van der Waals surface area contributed by atoms with E-state index in [9.17, 15) is 28.5 Å². The van der Waals surface area contributed by atoms with Crippen molar-refractivity contribution in [2.75, 3.05) is 32.7 Å². The molecule has 2 aliphatic rings. The lowest BCUT2D eigenvalue weighted by molar-refractivity contribution is -0.142. The molecule has 2 fully saturated rings. The van der Waals surface area contributed by atoms with Gasteiger partial charge in [0.1, 0.15) is 12.3 Å². The number of urea groups is 1. The Morgan fingerprint density at radius 3 is 2.32 bits per heavy atom. The van der Waals surface area contributed by atoms with Crippen molar-refractivity contribution in [2.45, 2.75) is 118 Å². The van der Waals surface area contributed by atoms with Crippen molar-refractivity contribution < 1.29 is 28.5 Å². The molecule has 14 heteroatoms. The molecular formula is C36H63N7O6S. The van der Waals surface area contributed by atoms with Gasteiger partial charge < -0.3 is 26.0 Å². The van der Waals surface area contributed by atoms with Gasteiger partial charge in [-0.2, -0.15) is 0 Å². The van der Waals surface area contributed by atoms with Crippen LogP contribution in [0.1, 0.15) is 88.0 Å². The topological polar surface area (TPSA) is 172 Å². The Morgan fingerprint density at radius 1 is 1.08 bits per heavy atom. The molecule has 0 bridgehead atoms. The fourth-order valence-corrected chi connectivity index (χ4v) is 7.06. The van der Waals surface area contributed by atoms with E-state index in [4.69, 9.17) is 0 Å². The molecule has 50 heavy (non-hydrogen) atoms. The molecule has 2 heterocycles. The highest BCUT2D eigenvalue weighted by molar-refractivity contribution is 7.80. The zero-order chi connectivity index (χ0) is 37.8. The first-order valence-electron chi connectivity index (χ1n) is 17.9. The van der Waals surface area contributed by atoms with E-state index in [1.165, 1.54) is 6.08 Å². The monoisotopic (exact) mass is 721 g/mol. The van der Waals surface area contributed by atoms with Crippen molar-refractivity contribution in [2.24, 2.45) is 22.7 Å². The first kappa shape index (κ1) is 43.3. The molecule has 0 aromatic carbocycles. The van der Waals surface area contributed by atoms with Crippen LogP contribution < -0.4 is 26.0 Å². The number of hydrogen-bond acceptors (Lipinski definition) is 7. The van der Waals surface area contributed by atoms with Gasteiger partial charge in [-0.3, -0.25) is 19.7 Å². The second-order valence-corrected chi connectivity index (χ2v) is 17.1. The molecule has 0 spiro atoms. The predicted molar refractivity (Wildman–Crippen MR) is 198 cm³/mol. The van der Waals surface area contributed by atoms with Crippen LogP contribution in [0.15, 0.2) is 30.5 Å². The Balaban J connectivity index is 2.39. The summed E-state index contributed by atoms with van der Waals surface area (Å²) >= 11 is -1.35. The second kappa shape index (κ2) is 19.7. The molecule has 0 saturated carbocycles. The highest BCUT2D eigenvalue weighted by Gasteiger charge is 2.46. The summed E-state index contributed by atoms with van der Waals surface area (Å²) in [6.07, 6.45) is 6.09. The summed E-state index contributed by atoms with van der Waals surface area (Å²) in [6, 6.07) is -3.67. The lowest BCUT2D eigenvalue weighted by Gasteiger charge is -2.40. The molecule has 4 amide bonds. The average Bonchev–Trinajstić information content (AvgIpc) is 3.45. The van der Waals surface area contributed by atoms with Gasteiger partial charge in [-0.05, 0) is 48.2 Å². The van der Waals surface area contributed by atoms with Crippen LogP contribution >= 0.6 is 0 Å². The fraction of sp³-hybridized carbons (Fsp3) is 0.750. The number of nitrogens with zero attached hydrogens (tertiary/aromatic N) is 2. The number of rotatable bonds is 16. The summed E-state index contributed by atoms with van der Waals surface area (Å²) in [5.41, 5.74) is 2.10. The van der Waals surface area contributed by atoms with E-state index in [1.54, 1.807) is 9.21 Å². The first-order valence-corrected chi connectivity index (χ1v) is 19.0. The number of Topliss-reactive ketones (excluding diaryl/α,β-unsaturated/α-hetero) is 1. The number of carbonyl (C=O) groups excluding carboxylic acids is 4. The predicted octanol–water partition coefficient (Wildman–Crippen LogP) is 2.52. The van der Waals surface area contributed by atoms with Crippen molar-refractivity contribution in [3.05, 3.63) is 30.5 Å². The molecule has 4 unspecified atom stereocenters. The minimum absolute atomic E-state index is 0.131. The van der Waals surface area contributed by atoms with E-state index in [1.807, 2.05) is 74.5 Å². The maximum atomic E-state index is 14.5. The number of carbonyl (C=O) groups is 4. The molecule has 0 aromatic rings. The van der Waals surface area contributed by atoms with Gasteiger partial charge in [0.05, 0.1) is 12.1 Å². The molecule has 0 radical (unpaired) electrons. The van der Waals surface area contributed by atoms with Crippen LogP contribution in [-0.4, -0.2) is 105 Å². The van der Waals surface area contributed by atoms with E-state index < -0.39 is 58.7 Å². The van der Waals surface area contributed by atoms with Crippen molar-refractivity contribution >= 4 is 34.8 Å². The van der Waals surface area contributed by atoms with E-state index in [2.05, 4.69) is 38.3 Å². The number of aliphatic hydroxyl groups excluding tert-OH is 1. The highest BCUT2D eigenvalue weighted by atomic mass is 32.2. The molecule has 2 saturated heterocycles. The maximum absolute atomic E-state index is 14.5. The fourth-order valence-electron chi connectivity index (χ4n) is 5.98. The Labute approximate surface area is 302 Å². The van der Waals surface area contributed by atoms with Gasteiger partial charge in [-0.15, -0.1) is 12.3 Å². The summed E-state index contributed by atoms with van der Waals surface area (Å²) in [5.74, 6) is -1.94. The quantitative estimate of drug-likeness (QED) is 0.0616. The number of amides is 4. The molecule has 7 atom stereocenters. The van der Waals surface area contributed by atoms with Crippen molar-refractivity contribution in [1.29, 1.82) is 0 Å². The largest absolute Gasteiger partial charge is 0.376 e. The molecule has 2 aliphatic heterocycles. The average molecular weight is 722 g/mol. The van der Waals surface area contributed by atoms with E-state index in [-0.39, 0.29) is 35.7 Å². The second-order valence-electron chi connectivity index (χ2n) is 15.8. The van der Waals surface area contributed by atoms with Gasteiger partial charge in [0.15, 0.2) is 11.2 Å². The summed E-state index contributed by atoms with van der Waals surface area (Å²) in [6.45, 7) is 23.1. The standard InChI is InChI=1S/C36H63N7O6S/c1-11-15-26(29(44)32(46)37-19-12-2)39-31(45)28-25(17-13-16-24(3)4)18-22-43(28)33(47)30(36(8,9)10)41-34(48)40-27(35(5,6)7)23-42-21-14-20-38-50(42)49/h12,16-17,24-28,30-31,38-39,45H,2,11,14-15,18-23H2,1,3-10H3,(H,37,46)(H2,40,41,48)/t13?,25-,26?,27+,28?,30+,31?,50?/m0/s1. The Bertz CT molecular complexity index is 1270. The van der Waals surface area contributed by atoms with Gasteiger partial charge in [-0.25, -0.2) is 18.0 Å². The minimum Gasteiger partial charge on any atom is -0.376 e.